The maximum atomic E-state index is 5.89. The van der Waals surface area contributed by atoms with Gasteiger partial charge in [-0.1, -0.05) is 72.3 Å². The van der Waals surface area contributed by atoms with Crippen LogP contribution in [-0.2, 0) is 0 Å². The molecule has 0 bridgehead atoms. The second-order valence-electron chi connectivity index (χ2n) is 5.27. The number of anilines is 1. The number of nitrogens with one attached hydrogen (secondary N) is 2. The summed E-state index contributed by atoms with van der Waals surface area (Å²) in [6, 6.07) is 27.3. The first kappa shape index (κ1) is 17.1. The van der Waals surface area contributed by atoms with Gasteiger partial charge in [-0.2, -0.15) is 5.10 Å². The number of benzene rings is 3. The Morgan fingerprint density at radius 3 is 1.80 bits per heavy atom. The SMILES string of the molecule is S=C(NN=C(c1ccccc1)c1ccccc1)Nc1ccc(Cl)cc1. The fraction of sp³-hybridized carbons (Fsp3) is 0. The summed E-state index contributed by atoms with van der Waals surface area (Å²) in [6.07, 6.45) is 0. The van der Waals surface area contributed by atoms with Gasteiger partial charge in [0.15, 0.2) is 5.11 Å². The lowest BCUT2D eigenvalue weighted by molar-refractivity contribution is 1.04. The Bertz CT molecular complexity index is 821. The second-order valence-corrected chi connectivity index (χ2v) is 6.11. The minimum Gasteiger partial charge on any atom is -0.331 e. The summed E-state index contributed by atoms with van der Waals surface area (Å²) in [5, 5.41) is 8.68. The molecule has 0 heterocycles. The smallest absolute Gasteiger partial charge is 0.191 e. The van der Waals surface area contributed by atoms with E-state index in [1.807, 2.05) is 72.8 Å². The maximum Gasteiger partial charge on any atom is 0.191 e. The highest BCUT2D eigenvalue weighted by atomic mass is 35.5. The fourth-order valence-electron chi connectivity index (χ4n) is 2.29. The number of hydrogen-bond donors (Lipinski definition) is 2. The quantitative estimate of drug-likeness (QED) is 0.384. The Labute approximate surface area is 157 Å². The van der Waals surface area contributed by atoms with Crippen molar-refractivity contribution in [3.63, 3.8) is 0 Å². The van der Waals surface area contributed by atoms with E-state index in [4.69, 9.17) is 23.8 Å². The van der Waals surface area contributed by atoms with Crippen LogP contribution in [0.25, 0.3) is 0 Å². The van der Waals surface area contributed by atoms with Crippen molar-refractivity contribution >= 4 is 40.3 Å². The molecular formula is C20H16ClN3S. The highest BCUT2D eigenvalue weighted by molar-refractivity contribution is 7.80. The van der Waals surface area contributed by atoms with Crippen molar-refractivity contribution in [1.29, 1.82) is 0 Å². The molecule has 124 valence electrons. The molecule has 5 heteroatoms. The monoisotopic (exact) mass is 365 g/mol. The van der Waals surface area contributed by atoms with Crippen LogP contribution in [0.5, 0.6) is 0 Å². The van der Waals surface area contributed by atoms with Gasteiger partial charge in [0.1, 0.15) is 0 Å². The van der Waals surface area contributed by atoms with Crippen molar-refractivity contribution in [2.75, 3.05) is 5.32 Å². The Morgan fingerprint density at radius 1 is 0.760 bits per heavy atom. The van der Waals surface area contributed by atoms with Crippen LogP contribution in [0.3, 0.4) is 0 Å². The van der Waals surface area contributed by atoms with Crippen molar-refractivity contribution in [3.05, 3.63) is 101 Å². The molecule has 0 saturated heterocycles. The Morgan fingerprint density at radius 2 is 1.28 bits per heavy atom. The summed E-state index contributed by atoms with van der Waals surface area (Å²) >= 11 is 11.2. The molecule has 0 aliphatic rings. The van der Waals surface area contributed by atoms with E-state index in [1.165, 1.54) is 0 Å². The minimum absolute atomic E-state index is 0.409. The van der Waals surface area contributed by atoms with Gasteiger partial charge in [0.2, 0.25) is 0 Å². The zero-order valence-corrected chi connectivity index (χ0v) is 14.9. The molecule has 3 nitrogen and oxygen atoms in total. The van der Waals surface area contributed by atoms with Gasteiger partial charge in [0, 0.05) is 21.8 Å². The van der Waals surface area contributed by atoms with Crippen LogP contribution in [0.15, 0.2) is 90.0 Å². The van der Waals surface area contributed by atoms with Gasteiger partial charge in [-0.05, 0) is 36.5 Å². The van der Waals surface area contributed by atoms with Crippen LogP contribution < -0.4 is 10.7 Å². The van der Waals surface area contributed by atoms with E-state index in [0.29, 0.717) is 10.1 Å². The van der Waals surface area contributed by atoms with Crippen LogP contribution >= 0.6 is 23.8 Å². The molecule has 2 N–H and O–H groups in total. The molecule has 3 aromatic carbocycles. The molecule has 25 heavy (non-hydrogen) atoms. The van der Waals surface area contributed by atoms with Crippen molar-refractivity contribution in [3.8, 4) is 0 Å². The van der Waals surface area contributed by atoms with Crippen LogP contribution in [0.2, 0.25) is 5.02 Å². The average Bonchev–Trinajstić information content (AvgIpc) is 2.66. The lowest BCUT2D eigenvalue weighted by Crippen LogP contribution is -2.25. The fourth-order valence-corrected chi connectivity index (χ4v) is 2.58. The molecule has 0 fully saturated rings. The molecule has 0 aliphatic carbocycles. The van der Waals surface area contributed by atoms with Crippen molar-refractivity contribution in [2.45, 2.75) is 0 Å². The van der Waals surface area contributed by atoms with E-state index >= 15 is 0 Å². The van der Waals surface area contributed by atoms with E-state index in [1.54, 1.807) is 12.1 Å². The molecule has 3 rings (SSSR count). The second kappa shape index (κ2) is 8.42. The Hall–Kier alpha value is -2.69. The van der Waals surface area contributed by atoms with Gasteiger partial charge in [0.25, 0.3) is 0 Å². The summed E-state index contributed by atoms with van der Waals surface area (Å²) in [5.74, 6) is 0. The first-order valence-electron chi connectivity index (χ1n) is 7.73. The van der Waals surface area contributed by atoms with Crippen LogP contribution in [0.4, 0.5) is 5.69 Å². The third-order valence-corrected chi connectivity index (χ3v) is 3.91. The number of thiocarbonyl (C=S) groups is 1. The van der Waals surface area contributed by atoms with Crippen molar-refractivity contribution in [2.24, 2.45) is 5.10 Å². The molecule has 0 aliphatic heterocycles. The number of hydrazone groups is 1. The summed E-state index contributed by atoms with van der Waals surface area (Å²) in [5.41, 5.74) is 6.60. The molecule has 0 aromatic heterocycles. The normalized spacial score (nSPS) is 9.96. The average molecular weight is 366 g/mol. The first-order valence-corrected chi connectivity index (χ1v) is 8.52. The summed E-state index contributed by atoms with van der Waals surface area (Å²) in [4.78, 5) is 0. The third kappa shape index (κ3) is 4.89. The number of rotatable bonds is 4. The summed E-state index contributed by atoms with van der Waals surface area (Å²) < 4.78 is 0. The van der Waals surface area contributed by atoms with Crippen molar-refractivity contribution < 1.29 is 0 Å². The number of hydrogen-bond acceptors (Lipinski definition) is 2. The van der Waals surface area contributed by atoms with Crippen LogP contribution in [0, 0.1) is 0 Å². The van der Waals surface area contributed by atoms with E-state index < -0.39 is 0 Å². The topological polar surface area (TPSA) is 36.4 Å². The van der Waals surface area contributed by atoms with E-state index in [-0.39, 0.29) is 0 Å². The van der Waals surface area contributed by atoms with Gasteiger partial charge >= 0.3 is 0 Å². The Kier molecular flexibility index (Phi) is 5.77. The first-order chi connectivity index (χ1) is 12.2. The van der Waals surface area contributed by atoms with Crippen LogP contribution in [-0.4, -0.2) is 10.8 Å². The minimum atomic E-state index is 0.409. The van der Waals surface area contributed by atoms with Gasteiger partial charge in [-0.25, -0.2) is 0 Å². The highest BCUT2D eigenvalue weighted by Gasteiger charge is 2.07. The molecule has 0 amide bonds. The lowest BCUT2D eigenvalue weighted by atomic mass is 10.0. The largest absolute Gasteiger partial charge is 0.331 e. The highest BCUT2D eigenvalue weighted by Crippen LogP contribution is 2.13. The van der Waals surface area contributed by atoms with E-state index in [0.717, 1.165) is 22.5 Å². The van der Waals surface area contributed by atoms with Gasteiger partial charge in [0.05, 0.1) is 5.71 Å². The molecule has 0 spiro atoms. The summed E-state index contributed by atoms with van der Waals surface area (Å²) in [6.45, 7) is 0. The van der Waals surface area contributed by atoms with E-state index in [2.05, 4.69) is 15.8 Å². The Balaban J connectivity index is 1.79. The predicted molar refractivity (Wildman–Crippen MR) is 109 cm³/mol. The van der Waals surface area contributed by atoms with Gasteiger partial charge in [-0.15, -0.1) is 0 Å². The van der Waals surface area contributed by atoms with E-state index in [9.17, 15) is 0 Å². The van der Waals surface area contributed by atoms with Crippen molar-refractivity contribution in [1.82, 2.24) is 5.43 Å². The number of nitrogens with zero attached hydrogens (tertiary/aromatic N) is 1. The molecule has 3 aromatic rings. The molecule has 0 radical (unpaired) electrons. The molecule has 0 unspecified atom stereocenters. The zero-order valence-electron chi connectivity index (χ0n) is 13.3. The summed E-state index contributed by atoms with van der Waals surface area (Å²) in [7, 11) is 0. The maximum absolute atomic E-state index is 5.89. The third-order valence-electron chi connectivity index (χ3n) is 3.47. The lowest BCUT2D eigenvalue weighted by Gasteiger charge is -2.10. The molecule has 0 saturated carbocycles. The zero-order chi connectivity index (χ0) is 17.5. The number of halogens is 1. The van der Waals surface area contributed by atoms with Crippen LogP contribution in [0.1, 0.15) is 11.1 Å². The molecular weight excluding hydrogens is 350 g/mol. The molecule has 0 atom stereocenters. The standard InChI is InChI=1S/C20H16ClN3S/c21-17-11-13-18(14-12-17)22-20(25)24-23-19(15-7-3-1-4-8-15)16-9-5-2-6-10-16/h1-14H,(H2,22,24,25). The van der Waals surface area contributed by atoms with Gasteiger partial charge < -0.3 is 5.32 Å². The predicted octanol–water partition coefficient (Wildman–Crippen LogP) is 5.08. The van der Waals surface area contributed by atoms with Gasteiger partial charge in [-0.3, -0.25) is 5.43 Å².